The fourth-order valence-corrected chi connectivity index (χ4v) is 3.20. The van der Waals surface area contributed by atoms with E-state index >= 15 is 0 Å². The molecule has 1 N–H and O–H groups in total. The Balaban J connectivity index is 1.36. The highest BCUT2D eigenvalue weighted by molar-refractivity contribution is 5.79. The van der Waals surface area contributed by atoms with Gasteiger partial charge in [0.05, 0.1) is 12.5 Å². The number of hydrogen-bond acceptors (Lipinski definition) is 5. The number of aliphatic hydroxyl groups excluding tert-OH is 1. The molecule has 2 fully saturated rings. The topological polar surface area (TPSA) is 62.2 Å². The average Bonchev–Trinajstić information content (AvgIpc) is 3.16. The lowest BCUT2D eigenvalue weighted by molar-refractivity contribution is -0.137. The van der Waals surface area contributed by atoms with Crippen molar-refractivity contribution in [3.05, 3.63) is 30.3 Å². The van der Waals surface area contributed by atoms with Crippen molar-refractivity contribution >= 4 is 5.91 Å². The summed E-state index contributed by atoms with van der Waals surface area (Å²) in [5, 5.41) is 10.1. The van der Waals surface area contributed by atoms with E-state index in [-0.39, 0.29) is 18.4 Å². The zero-order chi connectivity index (χ0) is 16.8. The minimum absolute atomic E-state index is 0.0430. The van der Waals surface area contributed by atoms with E-state index in [9.17, 15) is 9.90 Å². The number of amides is 1. The van der Waals surface area contributed by atoms with Gasteiger partial charge in [0.25, 0.3) is 0 Å². The van der Waals surface area contributed by atoms with Gasteiger partial charge in [0.2, 0.25) is 5.91 Å². The molecule has 6 nitrogen and oxygen atoms in total. The molecule has 0 bridgehead atoms. The molecule has 2 aliphatic heterocycles. The molecule has 0 radical (unpaired) electrons. The normalized spacial score (nSPS) is 23.2. The second-order valence-electron chi connectivity index (χ2n) is 6.46. The van der Waals surface area contributed by atoms with E-state index in [2.05, 4.69) is 4.90 Å². The Labute approximate surface area is 143 Å². The number of aliphatic hydroxyl groups is 1. The number of piperazine rings is 1. The van der Waals surface area contributed by atoms with Gasteiger partial charge in [-0.15, -0.1) is 0 Å². The average molecular weight is 334 g/mol. The summed E-state index contributed by atoms with van der Waals surface area (Å²) in [5.41, 5.74) is 0. The Bertz CT molecular complexity index is 511. The zero-order valence-electron chi connectivity index (χ0n) is 14.0. The number of para-hydroxylation sites is 1. The van der Waals surface area contributed by atoms with Crippen molar-refractivity contribution in [2.75, 3.05) is 52.5 Å². The predicted molar refractivity (Wildman–Crippen MR) is 89.9 cm³/mol. The van der Waals surface area contributed by atoms with Crippen LogP contribution in [-0.4, -0.2) is 79.5 Å². The van der Waals surface area contributed by atoms with Crippen LogP contribution in [0.1, 0.15) is 6.42 Å². The van der Waals surface area contributed by atoms with Gasteiger partial charge in [-0.1, -0.05) is 18.2 Å². The van der Waals surface area contributed by atoms with Gasteiger partial charge in [-0.2, -0.15) is 0 Å². The third kappa shape index (κ3) is 4.69. The van der Waals surface area contributed by atoms with Crippen molar-refractivity contribution in [3.63, 3.8) is 0 Å². The molecule has 2 aliphatic rings. The molecule has 2 atom stereocenters. The minimum atomic E-state index is -0.532. The molecule has 1 aromatic rings. The summed E-state index contributed by atoms with van der Waals surface area (Å²) in [5.74, 6) is 1.03. The predicted octanol–water partition coefficient (Wildman–Crippen LogP) is 0.607. The maximum atomic E-state index is 12.3. The minimum Gasteiger partial charge on any atom is -0.491 e. The summed E-state index contributed by atoms with van der Waals surface area (Å²) >= 11 is 0. The van der Waals surface area contributed by atoms with Crippen molar-refractivity contribution in [1.29, 1.82) is 0 Å². The summed E-state index contributed by atoms with van der Waals surface area (Å²) in [6.07, 6.45) is 0.310. The molecule has 0 aromatic heterocycles. The lowest BCUT2D eigenvalue weighted by Crippen LogP contribution is -2.52. The highest BCUT2D eigenvalue weighted by Crippen LogP contribution is 2.17. The summed E-state index contributed by atoms with van der Waals surface area (Å²) in [6, 6.07) is 9.51. The standard InChI is InChI=1S/C18H26N2O4/c21-16(14-24-17-4-2-1-3-5-17)12-19-7-9-20(10-8-19)18(22)15-6-11-23-13-15/h1-5,15-16,21H,6-14H2/t15-,16+/m0/s1. The molecular formula is C18H26N2O4. The lowest BCUT2D eigenvalue weighted by Gasteiger charge is -2.36. The molecular weight excluding hydrogens is 308 g/mol. The molecule has 24 heavy (non-hydrogen) atoms. The number of carbonyl (C=O) groups is 1. The summed E-state index contributed by atoms with van der Waals surface area (Å²) in [6.45, 7) is 5.15. The largest absolute Gasteiger partial charge is 0.491 e. The molecule has 0 saturated carbocycles. The van der Waals surface area contributed by atoms with Gasteiger partial charge in [0.1, 0.15) is 18.5 Å². The van der Waals surface area contributed by atoms with E-state index in [4.69, 9.17) is 9.47 Å². The van der Waals surface area contributed by atoms with Crippen molar-refractivity contribution in [3.8, 4) is 5.75 Å². The van der Waals surface area contributed by atoms with Crippen LogP contribution in [0.4, 0.5) is 0 Å². The van der Waals surface area contributed by atoms with Crippen LogP contribution < -0.4 is 4.74 Å². The second kappa shape index (κ2) is 8.46. The second-order valence-corrected chi connectivity index (χ2v) is 6.46. The number of ether oxygens (including phenoxy) is 2. The van der Waals surface area contributed by atoms with Gasteiger partial charge < -0.3 is 19.5 Å². The first kappa shape index (κ1) is 17.2. The van der Waals surface area contributed by atoms with Gasteiger partial charge in [-0.3, -0.25) is 9.69 Å². The van der Waals surface area contributed by atoms with Crippen molar-refractivity contribution in [2.45, 2.75) is 12.5 Å². The molecule has 0 aliphatic carbocycles. The third-order valence-corrected chi connectivity index (χ3v) is 4.62. The summed E-state index contributed by atoms with van der Waals surface area (Å²) < 4.78 is 10.9. The fraction of sp³-hybridized carbons (Fsp3) is 0.611. The quantitative estimate of drug-likeness (QED) is 0.826. The smallest absolute Gasteiger partial charge is 0.228 e. The lowest BCUT2D eigenvalue weighted by atomic mass is 10.1. The van der Waals surface area contributed by atoms with Crippen LogP contribution in [0.3, 0.4) is 0 Å². The Morgan fingerprint density at radius 2 is 2.00 bits per heavy atom. The van der Waals surface area contributed by atoms with Crippen LogP contribution in [0.5, 0.6) is 5.75 Å². The zero-order valence-corrected chi connectivity index (χ0v) is 14.0. The van der Waals surface area contributed by atoms with Crippen molar-refractivity contribution in [1.82, 2.24) is 9.80 Å². The van der Waals surface area contributed by atoms with Gasteiger partial charge in [-0.05, 0) is 18.6 Å². The Morgan fingerprint density at radius 3 is 2.67 bits per heavy atom. The van der Waals surface area contributed by atoms with Crippen LogP contribution in [-0.2, 0) is 9.53 Å². The van der Waals surface area contributed by atoms with E-state index in [0.717, 1.165) is 38.3 Å². The van der Waals surface area contributed by atoms with Crippen molar-refractivity contribution in [2.24, 2.45) is 5.92 Å². The highest BCUT2D eigenvalue weighted by Gasteiger charge is 2.30. The maximum Gasteiger partial charge on any atom is 0.228 e. The van der Waals surface area contributed by atoms with E-state index in [1.165, 1.54) is 0 Å². The SMILES string of the molecule is O=C([C@H]1CCOC1)N1CCN(C[C@@H](O)COc2ccccc2)CC1. The molecule has 3 rings (SSSR count). The van der Waals surface area contributed by atoms with Crippen LogP contribution >= 0.6 is 0 Å². The molecule has 1 amide bonds. The third-order valence-electron chi connectivity index (χ3n) is 4.62. The Morgan fingerprint density at radius 1 is 1.25 bits per heavy atom. The van der Waals surface area contributed by atoms with Crippen molar-refractivity contribution < 1.29 is 19.4 Å². The number of β-amino-alcohol motifs (C(OH)–C–C–N with tert-alkyl or cyclic N) is 1. The number of hydrogen-bond donors (Lipinski definition) is 1. The van der Waals surface area contributed by atoms with Crippen LogP contribution in [0, 0.1) is 5.92 Å². The first-order valence-electron chi connectivity index (χ1n) is 8.67. The first-order chi connectivity index (χ1) is 11.7. The summed E-state index contributed by atoms with van der Waals surface area (Å²) in [4.78, 5) is 16.5. The van der Waals surface area contributed by atoms with Gasteiger partial charge >= 0.3 is 0 Å². The van der Waals surface area contributed by atoms with Crippen LogP contribution in [0.15, 0.2) is 30.3 Å². The first-order valence-corrected chi connectivity index (χ1v) is 8.67. The number of rotatable bonds is 6. The van der Waals surface area contributed by atoms with E-state index < -0.39 is 6.10 Å². The van der Waals surface area contributed by atoms with Gasteiger partial charge in [-0.25, -0.2) is 0 Å². The van der Waals surface area contributed by atoms with Crippen LogP contribution in [0.2, 0.25) is 0 Å². The number of benzene rings is 1. The molecule has 1 aromatic carbocycles. The maximum absolute atomic E-state index is 12.3. The Kier molecular flexibility index (Phi) is 6.07. The molecule has 2 heterocycles. The molecule has 6 heteroatoms. The monoisotopic (exact) mass is 334 g/mol. The van der Waals surface area contributed by atoms with E-state index in [0.29, 0.717) is 19.8 Å². The van der Waals surface area contributed by atoms with Gasteiger partial charge in [0, 0.05) is 39.3 Å². The van der Waals surface area contributed by atoms with E-state index in [1.807, 2.05) is 35.2 Å². The van der Waals surface area contributed by atoms with E-state index in [1.54, 1.807) is 0 Å². The number of nitrogens with zero attached hydrogens (tertiary/aromatic N) is 2. The fourth-order valence-electron chi connectivity index (χ4n) is 3.20. The Hall–Kier alpha value is -1.63. The molecule has 0 unspecified atom stereocenters. The molecule has 0 spiro atoms. The summed E-state index contributed by atoms with van der Waals surface area (Å²) in [7, 11) is 0. The molecule has 132 valence electrons. The van der Waals surface area contributed by atoms with Crippen LogP contribution in [0.25, 0.3) is 0 Å². The molecule has 2 saturated heterocycles. The number of carbonyl (C=O) groups excluding carboxylic acids is 1. The highest BCUT2D eigenvalue weighted by atomic mass is 16.5. The van der Waals surface area contributed by atoms with Gasteiger partial charge in [0.15, 0.2) is 0 Å².